The van der Waals surface area contributed by atoms with Gasteiger partial charge in [0.2, 0.25) is 0 Å². The SMILES string of the molecule is CCC(CC)(CCC#N)O[P+](=O)OC(CC)(CC)CCC#N. The number of hydrogen-bond donors (Lipinski definition) is 0. The van der Waals surface area contributed by atoms with E-state index in [0.29, 0.717) is 51.4 Å². The van der Waals surface area contributed by atoms with E-state index in [0.717, 1.165) is 0 Å². The van der Waals surface area contributed by atoms with E-state index < -0.39 is 19.5 Å². The first-order valence-corrected chi connectivity index (χ1v) is 9.16. The molecule has 0 radical (unpaired) electrons. The zero-order chi connectivity index (χ0) is 17.1. The Morgan fingerprint density at radius 3 is 1.36 bits per heavy atom. The number of rotatable bonds is 12. The van der Waals surface area contributed by atoms with Gasteiger partial charge in [-0.25, -0.2) is 0 Å². The molecule has 0 bridgehead atoms. The second kappa shape index (κ2) is 10.7. The van der Waals surface area contributed by atoms with E-state index in [1.807, 2.05) is 27.7 Å². The minimum Gasteiger partial charge on any atom is -0.198 e. The largest absolute Gasteiger partial charge is 0.698 e. The first-order chi connectivity index (χ1) is 10.5. The van der Waals surface area contributed by atoms with Crippen LogP contribution in [0.1, 0.15) is 79.1 Å². The molecule has 0 aromatic heterocycles. The van der Waals surface area contributed by atoms with Crippen LogP contribution >= 0.6 is 8.25 Å². The van der Waals surface area contributed by atoms with E-state index in [-0.39, 0.29) is 0 Å². The standard InChI is InChI=1S/C16H28N2O3P/c1-5-15(6-2,11-9-13-17)20-22(19)21-16(7-3,8-4)12-10-14-18/h5-12H2,1-4H3/q+1. The van der Waals surface area contributed by atoms with Crippen LogP contribution in [0.2, 0.25) is 0 Å². The van der Waals surface area contributed by atoms with Crippen LogP contribution in [-0.2, 0) is 13.6 Å². The fourth-order valence-electron chi connectivity index (χ4n) is 2.46. The first-order valence-electron chi connectivity index (χ1n) is 8.06. The van der Waals surface area contributed by atoms with Crippen molar-refractivity contribution in [3.63, 3.8) is 0 Å². The van der Waals surface area contributed by atoms with Crippen molar-refractivity contribution in [1.29, 1.82) is 10.5 Å². The molecular formula is C16H28N2O3P+. The molecule has 0 atom stereocenters. The fraction of sp³-hybridized carbons (Fsp3) is 0.875. The van der Waals surface area contributed by atoms with Crippen LogP contribution in [0.5, 0.6) is 0 Å². The summed E-state index contributed by atoms with van der Waals surface area (Å²) in [5, 5.41) is 17.5. The van der Waals surface area contributed by atoms with Crippen molar-refractivity contribution < 1.29 is 13.6 Å². The molecule has 0 aromatic rings. The van der Waals surface area contributed by atoms with Crippen LogP contribution in [-0.4, -0.2) is 11.2 Å². The van der Waals surface area contributed by atoms with Crippen molar-refractivity contribution in [2.75, 3.05) is 0 Å². The molecule has 0 spiro atoms. The van der Waals surface area contributed by atoms with Crippen LogP contribution in [0.15, 0.2) is 0 Å². The summed E-state index contributed by atoms with van der Waals surface area (Å²) in [6.07, 6.45) is 4.54. The highest BCUT2D eigenvalue weighted by Crippen LogP contribution is 2.44. The molecule has 0 aromatic carbocycles. The Labute approximate surface area is 135 Å². The van der Waals surface area contributed by atoms with Crippen LogP contribution in [0.4, 0.5) is 0 Å². The third-order valence-corrected chi connectivity index (χ3v) is 5.57. The third kappa shape index (κ3) is 6.41. The van der Waals surface area contributed by atoms with Crippen LogP contribution in [0.3, 0.4) is 0 Å². The summed E-state index contributed by atoms with van der Waals surface area (Å²) >= 11 is 0. The Morgan fingerprint density at radius 2 is 1.14 bits per heavy atom. The van der Waals surface area contributed by atoms with Crippen molar-refractivity contribution >= 4 is 8.25 Å². The Hall–Kier alpha value is -1.00. The van der Waals surface area contributed by atoms with E-state index in [1.165, 1.54) is 0 Å². The predicted molar refractivity (Wildman–Crippen MR) is 86.1 cm³/mol. The van der Waals surface area contributed by atoms with Gasteiger partial charge in [0, 0.05) is 17.4 Å². The smallest absolute Gasteiger partial charge is 0.198 e. The summed E-state index contributed by atoms with van der Waals surface area (Å²) in [5.74, 6) is 0. The highest BCUT2D eigenvalue weighted by molar-refractivity contribution is 7.33. The second-order valence-electron chi connectivity index (χ2n) is 5.50. The lowest BCUT2D eigenvalue weighted by atomic mass is 9.92. The maximum atomic E-state index is 12.4. The lowest BCUT2D eigenvalue weighted by Crippen LogP contribution is -2.32. The van der Waals surface area contributed by atoms with Crippen molar-refractivity contribution in [2.24, 2.45) is 0 Å². The molecule has 0 aliphatic heterocycles. The van der Waals surface area contributed by atoms with E-state index in [9.17, 15) is 4.57 Å². The summed E-state index contributed by atoms with van der Waals surface area (Å²) in [4.78, 5) is 0. The average molecular weight is 327 g/mol. The summed E-state index contributed by atoms with van der Waals surface area (Å²) in [6.45, 7) is 7.86. The van der Waals surface area contributed by atoms with Gasteiger partial charge in [-0.3, -0.25) is 0 Å². The van der Waals surface area contributed by atoms with E-state index in [1.54, 1.807) is 0 Å². The van der Waals surface area contributed by atoms with E-state index in [4.69, 9.17) is 19.6 Å². The summed E-state index contributed by atoms with van der Waals surface area (Å²) in [5.41, 5.74) is -1.16. The van der Waals surface area contributed by atoms with Crippen LogP contribution in [0, 0.1) is 22.7 Å². The quantitative estimate of drug-likeness (QED) is 0.448. The molecule has 0 saturated carbocycles. The fourth-order valence-corrected chi connectivity index (χ4v) is 3.83. The Balaban J connectivity index is 4.93. The zero-order valence-corrected chi connectivity index (χ0v) is 15.1. The normalized spacial score (nSPS) is 11.7. The second-order valence-corrected chi connectivity index (χ2v) is 6.32. The van der Waals surface area contributed by atoms with Crippen LogP contribution in [0.25, 0.3) is 0 Å². The van der Waals surface area contributed by atoms with Gasteiger partial charge >= 0.3 is 8.25 Å². The molecule has 22 heavy (non-hydrogen) atoms. The minimum atomic E-state index is -2.28. The van der Waals surface area contributed by atoms with Gasteiger partial charge in [0.05, 0.1) is 12.1 Å². The number of nitriles is 2. The Bertz CT molecular complexity index is 380. The molecule has 0 saturated heterocycles. The lowest BCUT2D eigenvalue weighted by molar-refractivity contribution is -0.00332. The molecular weight excluding hydrogens is 299 g/mol. The highest BCUT2D eigenvalue weighted by Gasteiger charge is 2.44. The summed E-state index contributed by atoms with van der Waals surface area (Å²) in [7, 11) is -2.28. The minimum absolute atomic E-state index is 0.367. The van der Waals surface area contributed by atoms with E-state index >= 15 is 0 Å². The Kier molecular flexibility index (Phi) is 10.2. The van der Waals surface area contributed by atoms with Crippen LogP contribution < -0.4 is 0 Å². The number of hydrogen-bond acceptors (Lipinski definition) is 5. The predicted octanol–water partition coefficient (Wildman–Crippen LogP) is 5.40. The van der Waals surface area contributed by atoms with Crippen molar-refractivity contribution in [2.45, 2.75) is 90.3 Å². The zero-order valence-electron chi connectivity index (χ0n) is 14.2. The van der Waals surface area contributed by atoms with Gasteiger partial charge < -0.3 is 0 Å². The molecule has 0 unspecified atom stereocenters. The van der Waals surface area contributed by atoms with Gasteiger partial charge in [0.25, 0.3) is 0 Å². The van der Waals surface area contributed by atoms with Crippen molar-refractivity contribution in [1.82, 2.24) is 0 Å². The monoisotopic (exact) mass is 327 g/mol. The maximum absolute atomic E-state index is 12.4. The molecule has 0 N–H and O–H groups in total. The molecule has 0 aliphatic rings. The van der Waals surface area contributed by atoms with E-state index in [2.05, 4.69) is 12.1 Å². The first kappa shape index (κ1) is 21.0. The molecule has 0 rings (SSSR count). The highest BCUT2D eigenvalue weighted by atomic mass is 31.1. The van der Waals surface area contributed by atoms with Gasteiger partial charge in [0.15, 0.2) is 0 Å². The van der Waals surface area contributed by atoms with Crippen molar-refractivity contribution in [3.05, 3.63) is 0 Å². The lowest BCUT2D eigenvalue weighted by Gasteiger charge is -2.27. The Morgan fingerprint density at radius 1 is 0.818 bits per heavy atom. The van der Waals surface area contributed by atoms with Gasteiger partial charge in [-0.1, -0.05) is 27.7 Å². The van der Waals surface area contributed by atoms with Gasteiger partial charge in [-0.15, -0.1) is 9.05 Å². The third-order valence-electron chi connectivity index (χ3n) is 4.50. The number of nitrogens with zero attached hydrogens (tertiary/aromatic N) is 2. The molecule has 5 nitrogen and oxygen atoms in total. The average Bonchev–Trinajstić information content (AvgIpc) is 2.55. The molecule has 0 heterocycles. The van der Waals surface area contributed by atoms with Gasteiger partial charge in [0.1, 0.15) is 11.2 Å². The molecule has 124 valence electrons. The topological polar surface area (TPSA) is 83.1 Å². The van der Waals surface area contributed by atoms with Crippen molar-refractivity contribution in [3.8, 4) is 12.1 Å². The summed E-state index contributed by atoms with van der Waals surface area (Å²) in [6, 6.07) is 4.22. The summed E-state index contributed by atoms with van der Waals surface area (Å²) < 4.78 is 23.8. The van der Waals surface area contributed by atoms with Gasteiger partial charge in [-0.2, -0.15) is 10.5 Å². The molecule has 0 amide bonds. The molecule has 0 fully saturated rings. The maximum Gasteiger partial charge on any atom is 0.698 e. The molecule has 0 aliphatic carbocycles. The van der Waals surface area contributed by atoms with Gasteiger partial charge in [-0.05, 0) is 38.5 Å². The molecule has 6 heteroatoms.